The summed E-state index contributed by atoms with van der Waals surface area (Å²) in [6.45, 7) is 2.43. The van der Waals surface area contributed by atoms with Crippen LogP contribution in [0.3, 0.4) is 0 Å². The third-order valence-corrected chi connectivity index (χ3v) is 5.66. The molecular formula is C17H15N5OS3. The first kappa shape index (κ1) is 18.4. The van der Waals surface area contributed by atoms with E-state index in [1.54, 1.807) is 35.9 Å². The van der Waals surface area contributed by atoms with Crippen molar-refractivity contribution in [2.45, 2.75) is 13.5 Å². The fraction of sp³-hybridized carbons (Fsp3) is 0.176. The molecule has 0 unspecified atom stereocenters. The van der Waals surface area contributed by atoms with E-state index in [0.717, 1.165) is 15.6 Å². The monoisotopic (exact) mass is 401 g/mol. The number of carbonyl (C=O) groups excluding carboxylic acids is 1. The largest absolute Gasteiger partial charge is 0.311 e. The number of aromatic nitrogens is 2. The Hall–Kier alpha value is -2.41. The van der Waals surface area contributed by atoms with E-state index >= 15 is 0 Å². The van der Waals surface area contributed by atoms with Crippen molar-refractivity contribution in [2.75, 3.05) is 11.2 Å². The minimum absolute atomic E-state index is 0.202. The molecule has 9 heteroatoms. The Morgan fingerprint density at radius 2 is 2.15 bits per heavy atom. The molecule has 2 heterocycles. The molecule has 0 radical (unpaired) electrons. The number of aryl methyl sites for hydroxylation is 1. The first-order valence-electron chi connectivity index (χ1n) is 7.59. The van der Waals surface area contributed by atoms with Crippen molar-refractivity contribution >= 4 is 51.3 Å². The molecule has 6 nitrogen and oxygen atoms in total. The lowest BCUT2D eigenvalue weighted by atomic mass is 10.2. The fourth-order valence-electron chi connectivity index (χ4n) is 2.30. The van der Waals surface area contributed by atoms with Gasteiger partial charge in [-0.3, -0.25) is 9.52 Å². The molecule has 1 N–H and O–H groups in total. The number of rotatable bonds is 6. The maximum atomic E-state index is 12.2. The second kappa shape index (κ2) is 8.31. The molecule has 2 aromatic heterocycles. The van der Waals surface area contributed by atoms with Gasteiger partial charge in [-0.05, 0) is 31.2 Å². The van der Waals surface area contributed by atoms with E-state index in [1.165, 1.54) is 23.3 Å². The zero-order valence-corrected chi connectivity index (χ0v) is 16.5. The number of amides is 1. The van der Waals surface area contributed by atoms with Crippen LogP contribution in [0.25, 0.3) is 0 Å². The summed E-state index contributed by atoms with van der Waals surface area (Å²) in [5.74, 6) is -0.202. The molecule has 0 fully saturated rings. The number of hydrogen-bond acceptors (Lipinski definition) is 8. The summed E-state index contributed by atoms with van der Waals surface area (Å²) in [7, 11) is 0. The molecule has 3 aromatic rings. The molecular weight excluding hydrogens is 386 g/mol. The summed E-state index contributed by atoms with van der Waals surface area (Å²) in [5.41, 5.74) is 1.92. The minimum Gasteiger partial charge on any atom is -0.311 e. The van der Waals surface area contributed by atoms with Crippen molar-refractivity contribution in [3.8, 4) is 6.07 Å². The van der Waals surface area contributed by atoms with Gasteiger partial charge < -0.3 is 4.90 Å². The Bertz CT molecular complexity index is 928. The fourth-order valence-corrected chi connectivity index (χ4v) is 4.11. The van der Waals surface area contributed by atoms with E-state index < -0.39 is 0 Å². The van der Waals surface area contributed by atoms with Gasteiger partial charge in [-0.2, -0.15) is 5.26 Å². The molecule has 0 saturated heterocycles. The Balaban J connectivity index is 1.98. The van der Waals surface area contributed by atoms with Gasteiger partial charge in [0.2, 0.25) is 0 Å². The number of thiazole rings is 2. The number of nitriles is 1. The van der Waals surface area contributed by atoms with Gasteiger partial charge >= 0.3 is 0 Å². The normalized spacial score (nSPS) is 10.3. The molecule has 1 aromatic carbocycles. The molecule has 26 heavy (non-hydrogen) atoms. The average molecular weight is 402 g/mol. The van der Waals surface area contributed by atoms with Crippen molar-refractivity contribution in [1.82, 2.24) is 14.7 Å². The van der Waals surface area contributed by atoms with E-state index in [-0.39, 0.29) is 5.91 Å². The van der Waals surface area contributed by atoms with Crippen LogP contribution in [0.4, 0.5) is 10.8 Å². The van der Waals surface area contributed by atoms with E-state index in [0.29, 0.717) is 22.9 Å². The van der Waals surface area contributed by atoms with Crippen LogP contribution >= 0.6 is 34.6 Å². The lowest BCUT2D eigenvalue weighted by Gasteiger charge is -2.20. The minimum atomic E-state index is -0.202. The molecule has 0 bridgehead atoms. The van der Waals surface area contributed by atoms with Gasteiger partial charge in [0, 0.05) is 28.4 Å². The molecule has 132 valence electrons. The Labute approximate surface area is 163 Å². The van der Waals surface area contributed by atoms with Crippen LogP contribution in [0.5, 0.6) is 0 Å². The summed E-state index contributed by atoms with van der Waals surface area (Å²) in [4.78, 5) is 24.0. The maximum Gasteiger partial charge on any atom is 0.280 e. The van der Waals surface area contributed by atoms with Crippen LogP contribution in [0, 0.1) is 18.3 Å². The van der Waals surface area contributed by atoms with Crippen LogP contribution in [0.15, 0.2) is 35.8 Å². The third kappa shape index (κ3) is 4.04. The van der Waals surface area contributed by atoms with Crippen molar-refractivity contribution < 1.29 is 4.79 Å². The highest BCUT2D eigenvalue weighted by atomic mass is 32.2. The summed E-state index contributed by atoms with van der Waals surface area (Å²) in [6, 6.07) is 9.42. The number of hydrogen-bond donors (Lipinski definition) is 1. The highest BCUT2D eigenvalue weighted by molar-refractivity contribution is 7.97. The zero-order valence-electron chi connectivity index (χ0n) is 14.1. The van der Waals surface area contributed by atoms with Crippen molar-refractivity contribution in [1.29, 1.82) is 5.26 Å². The predicted molar refractivity (Wildman–Crippen MR) is 107 cm³/mol. The quantitative estimate of drug-likeness (QED) is 0.626. The molecule has 0 aliphatic carbocycles. The smallest absolute Gasteiger partial charge is 0.280 e. The van der Waals surface area contributed by atoms with Crippen molar-refractivity contribution in [2.24, 2.45) is 0 Å². The summed E-state index contributed by atoms with van der Waals surface area (Å²) in [5, 5.41) is 12.6. The summed E-state index contributed by atoms with van der Waals surface area (Å²) >= 11 is 4.27. The lowest BCUT2D eigenvalue weighted by Crippen LogP contribution is -2.19. The number of carbonyl (C=O) groups is 1. The van der Waals surface area contributed by atoms with Gasteiger partial charge in [-0.1, -0.05) is 11.9 Å². The van der Waals surface area contributed by atoms with Gasteiger partial charge in [0.05, 0.1) is 18.2 Å². The molecule has 0 atom stereocenters. The molecule has 0 spiro atoms. The average Bonchev–Trinajstić information content (AvgIpc) is 3.29. The third-order valence-electron chi connectivity index (χ3n) is 3.51. The van der Waals surface area contributed by atoms with Gasteiger partial charge in [0.15, 0.2) is 5.13 Å². The van der Waals surface area contributed by atoms with E-state index in [9.17, 15) is 4.79 Å². The van der Waals surface area contributed by atoms with Gasteiger partial charge in [0.1, 0.15) is 10.7 Å². The number of anilines is 2. The molecule has 0 saturated carbocycles. The number of benzene rings is 1. The summed E-state index contributed by atoms with van der Waals surface area (Å²) < 4.78 is 2.71. The first-order valence-corrected chi connectivity index (χ1v) is 10.5. The maximum absolute atomic E-state index is 12.2. The van der Waals surface area contributed by atoms with E-state index in [1.807, 2.05) is 29.3 Å². The predicted octanol–water partition coefficient (Wildman–Crippen LogP) is 4.13. The van der Waals surface area contributed by atoms with E-state index in [4.69, 9.17) is 5.26 Å². The molecule has 1 amide bonds. The topological polar surface area (TPSA) is 81.9 Å². The van der Waals surface area contributed by atoms with Crippen LogP contribution in [0.1, 0.15) is 25.9 Å². The Morgan fingerprint density at radius 1 is 1.38 bits per heavy atom. The number of nitrogens with one attached hydrogen (secondary N) is 1. The van der Waals surface area contributed by atoms with Crippen LogP contribution in [-0.4, -0.2) is 22.1 Å². The van der Waals surface area contributed by atoms with Gasteiger partial charge in [0.25, 0.3) is 5.91 Å². The summed E-state index contributed by atoms with van der Waals surface area (Å²) in [6.07, 6.45) is 3.56. The second-order valence-corrected chi connectivity index (χ2v) is 7.98. The second-order valence-electron chi connectivity index (χ2n) is 5.21. The molecule has 0 aliphatic rings. The first-order chi connectivity index (χ1) is 12.6. The van der Waals surface area contributed by atoms with Gasteiger partial charge in [-0.25, -0.2) is 9.97 Å². The van der Waals surface area contributed by atoms with Crippen LogP contribution in [-0.2, 0) is 6.54 Å². The highest BCUT2D eigenvalue weighted by Gasteiger charge is 2.21. The number of nitrogens with zero attached hydrogens (tertiary/aromatic N) is 4. The molecule has 3 rings (SSSR count). The Morgan fingerprint density at radius 3 is 2.77 bits per heavy atom. The standard InChI is InChI=1S/C17H15N5OS3/c1-11-15(16(23)21-24-2)20-17(26-11)22(10-14-19-7-8-25-14)13-5-3-12(9-18)4-6-13/h3-8H,10H2,1-2H3,(H,21,23). The zero-order chi connectivity index (χ0) is 18.5. The Kier molecular flexibility index (Phi) is 5.88. The van der Waals surface area contributed by atoms with Crippen LogP contribution < -0.4 is 9.62 Å². The SMILES string of the molecule is CSNC(=O)c1nc(N(Cc2nccs2)c2ccc(C#N)cc2)sc1C. The van der Waals surface area contributed by atoms with Crippen LogP contribution in [0.2, 0.25) is 0 Å². The highest BCUT2D eigenvalue weighted by Crippen LogP contribution is 2.33. The van der Waals surface area contributed by atoms with Gasteiger partial charge in [-0.15, -0.1) is 22.7 Å². The lowest BCUT2D eigenvalue weighted by molar-refractivity contribution is 0.0980. The van der Waals surface area contributed by atoms with E-state index in [2.05, 4.69) is 20.8 Å². The molecule has 0 aliphatic heterocycles. The van der Waals surface area contributed by atoms with Crippen molar-refractivity contribution in [3.05, 3.63) is 57.0 Å². The van der Waals surface area contributed by atoms with Crippen molar-refractivity contribution in [3.63, 3.8) is 0 Å².